The lowest BCUT2D eigenvalue weighted by atomic mass is 10.0. The summed E-state index contributed by atoms with van der Waals surface area (Å²) in [6.07, 6.45) is -1.44. The average molecular weight is 356 g/mol. The molecule has 1 saturated heterocycles. The van der Waals surface area contributed by atoms with Crippen LogP contribution in [-0.2, 0) is 22.2 Å². The van der Waals surface area contributed by atoms with Crippen LogP contribution < -0.4 is 5.32 Å². The second-order valence-corrected chi connectivity index (χ2v) is 6.37. The largest absolute Gasteiger partial charge is 0.416 e. The predicted octanol–water partition coefficient (Wildman–Crippen LogP) is 3.16. The first kappa shape index (κ1) is 19.3. The van der Waals surface area contributed by atoms with Gasteiger partial charge in [0.2, 0.25) is 11.8 Å². The van der Waals surface area contributed by atoms with Gasteiger partial charge in [0.1, 0.15) is 0 Å². The quantitative estimate of drug-likeness (QED) is 0.881. The number of piperidine rings is 1. The van der Waals surface area contributed by atoms with Crippen molar-refractivity contribution in [1.29, 1.82) is 0 Å². The van der Waals surface area contributed by atoms with Crippen molar-refractivity contribution >= 4 is 11.8 Å². The van der Waals surface area contributed by atoms with Crippen molar-refractivity contribution in [2.45, 2.75) is 51.2 Å². The van der Waals surface area contributed by atoms with E-state index in [1.165, 1.54) is 12.1 Å². The zero-order chi connectivity index (χ0) is 18.4. The van der Waals surface area contributed by atoms with Crippen LogP contribution in [0, 0.1) is 0 Å². The molecule has 0 aliphatic carbocycles. The van der Waals surface area contributed by atoms with E-state index in [1.807, 2.05) is 6.92 Å². The Labute approximate surface area is 145 Å². The van der Waals surface area contributed by atoms with Crippen LogP contribution in [-0.4, -0.2) is 35.8 Å². The van der Waals surface area contributed by atoms with Gasteiger partial charge in [-0.1, -0.05) is 19.1 Å². The molecule has 4 nitrogen and oxygen atoms in total. The van der Waals surface area contributed by atoms with E-state index < -0.39 is 11.7 Å². The SMILES string of the molecule is CCCC(=O)NC1CCCN(C(=O)Cc2ccc(C(F)(F)F)cc2)C1. The van der Waals surface area contributed by atoms with Crippen LogP contribution in [0.15, 0.2) is 24.3 Å². The molecule has 0 bridgehead atoms. The molecule has 1 aromatic rings. The lowest BCUT2D eigenvalue weighted by molar-refractivity contribution is -0.137. The Hall–Kier alpha value is -2.05. The van der Waals surface area contributed by atoms with Gasteiger partial charge in [-0.05, 0) is 37.0 Å². The van der Waals surface area contributed by atoms with Gasteiger partial charge in [0.15, 0.2) is 0 Å². The first-order valence-electron chi connectivity index (χ1n) is 8.53. The molecule has 1 unspecified atom stereocenters. The summed E-state index contributed by atoms with van der Waals surface area (Å²) in [5, 5.41) is 2.93. The Morgan fingerprint density at radius 3 is 2.52 bits per heavy atom. The van der Waals surface area contributed by atoms with E-state index in [-0.39, 0.29) is 24.3 Å². The first-order valence-corrected chi connectivity index (χ1v) is 8.53. The lowest BCUT2D eigenvalue weighted by Gasteiger charge is -2.33. The topological polar surface area (TPSA) is 49.4 Å². The van der Waals surface area contributed by atoms with E-state index >= 15 is 0 Å². The van der Waals surface area contributed by atoms with Crippen molar-refractivity contribution < 1.29 is 22.8 Å². The minimum Gasteiger partial charge on any atom is -0.352 e. The van der Waals surface area contributed by atoms with Crippen molar-refractivity contribution in [1.82, 2.24) is 10.2 Å². The fourth-order valence-corrected chi connectivity index (χ4v) is 2.95. The fraction of sp³-hybridized carbons (Fsp3) is 0.556. The fourth-order valence-electron chi connectivity index (χ4n) is 2.95. The highest BCUT2D eigenvalue weighted by Crippen LogP contribution is 2.29. The van der Waals surface area contributed by atoms with Crippen LogP contribution in [0.25, 0.3) is 0 Å². The van der Waals surface area contributed by atoms with E-state index in [0.717, 1.165) is 31.4 Å². The van der Waals surface area contributed by atoms with Gasteiger partial charge < -0.3 is 10.2 Å². The highest BCUT2D eigenvalue weighted by atomic mass is 19.4. The van der Waals surface area contributed by atoms with E-state index in [1.54, 1.807) is 4.90 Å². The normalized spacial score (nSPS) is 18.1. The van der Waals surface area contributed by atoms with E-state index in [2.05, 4.69) is 5.32 Å². The number of carbonyl (C=O) groups excluding carboxylic acids is 2. The molecule has 7 heteroatoms. The summed E-state index contributed by atoms with van der Waals surface area (Å²) in [4.78, 5) is 25.8. The number of hydrogen-bond acceptors (Lipinski definition) is 2. The van der Waals surface area contributed by atoms with Gasteiger partial charge in [-0.2, -0.15) is 13.2 Å². The summed E-state index contributed by atoms with van der Waals surface area (Å²) < 4.78 is 37.7. The molecule has 25 heavy (non-hydrogen) atoms. The number of hydrogen-bond donors (Lipinski definition) is 1. The number of carbonyl (C=O) groups is 2. The predicted molar refractivity (Wildman–Crippen MR) is 87.8 cm³/mol. The highest BCUT2D eigenvalue weighted by molar-refractivity contribution is 5.79. The van der Waals surface area contributed by atoms with Gasteiger partial charge in [0, 0.05) is 25.6 Å². The molecule has 1 aliphatic heterocycles. The number of amides is 2. The van der Waals surface area contributed by atoms with Crippen molar-refractivity contribution in [3.63, 3.8) is 0 Å². The Balaban J connectivity index is 1.90. The lowest BCUT2D eigenvalue weighted by Crippen LogP contribution is -2.49. The molecule has 0 aromatic heterocycles. The number of rotatable bonds is 5. The summed E-state index contributed by atoms with van der Waals surface area (Å²) in [6, 6.07) is 4.61. The third-order valence-corrected chi connectivity index (χ3v) is 4.25. The standard InChI is InChI=1S/C18H23F3N2O2/c1-2-4-16(24)22-15-5-3-10-23(12-15)17(25)11-13-6-8-14(9-7-13)18(19,20)21/h6-9,15H,2-5,10-12H2,1H3,(H,22,24). The number of alkyl halides is 3. The van der Waals surface area contributed by atoms with Crippen molar-refractivity contribution in [2.75, 3.05) is 13.1 Å². The molecule has 138 valence electrons. The summed E-state index contributed by atoms with van der Waals surface area (Å²) in [7, 11) is 0. The molecule has 1 N–H and O–H groups in total. The number of nitrogens with zero attached hydrogens (tertiary/aromatic N) is 1. The molecular formula is C18H23F3N2O2. The second-order valence-electron chi connectivity index (χ2n) is 6.37. The zero-order valence-corrected chi connectivity index (χ0v) is 14.2. The van der Waals surface area contributed by atoms with Crippen molar-refractivity contribution in [2.24, 2.45) is 0 Å². The Kier molecular flexibility index (Phi) is 6.45. The van der Waals surface area contributed by atoms with Crippen LogP contribution in [0.5, 0.6) is 0 Å². The van der Waals surface area contributed by atoms with Crippen molar-refractivity contribution in [3.8, 4) is 0 Å². The monoisotopic (exact) mass is 356 g/mol. The first-order chi connectivity index (χ1) is 11.8. The van der Waals surface area contributed by atoms with Crippen molar-refractivity contribution in [3.05, 3.63) is 35.4 Å². The number of halogens is 3. The molecule has 0 spiro atoms. The second kappa shape index (κ2) is 8.36. The van der Waals surface area contributed by atoms with E-state index in [0.29, 0.717) is 25.1 Å². The smallest absolute Gasteiger partial charge is 0.352 e. The maximum atomic E-state index is 12.6. The molecular weight excluding hydrogens is 333 g/mol. The molecule has 2 amide bonds. The molecule has 1 fully saturated rings. The third kappa shape index (κ3) is 5.76. The Bertz CT molecular complexity index is 599. The van der Waals surface area contributed by atoms with Gasteiger partial charge in [0.25, 0.3) is 0 Å². The zero-order valence-electron chi connectivity index (χ0n) is 14.2. The number of likely N-dealkylation sites (tertiary alicyclic amines) is 1. The maximum absolute atomic E-state index is 12.6. The van der Waals surface area contributed by atoms with E-state index in [9.17, 15) is 22.8 Å². The molecule has 1 aliphatic rings. The van der Waals surface area contributed by atoms with Gasteiger partial charge in [-0.3, -0.25) is 9.59 Å². The molecule has 1 atom stereocenters. The number of nitrogens with one attached hydrogen (secondary N) is 1. The van der Waals surface area contributed by atoms with Crippen LogP contribution in [0.3, 0.4) is 0 Å². The van der Waals surface area contributed by atoms with Crippen LogP contribution >= 0.6 is 0 Å². The number of benzene rings is 1. The molecule has 0 saturated carbocycles. The summed E-state index contributed by atoms with van der Waals surface area (Å²) in [6.45, 7) is 2.99. The highest BCUT2D eigenvalue weighted by Gasteiger charge is 2.30. The molecule has 1 heterocycles. The van der Waals surface area contributed by atoms with Crippen LogP contribution in [0.2, 0.25) is 0 Å². The van der Waals surface area contributed by atoms with Gasteiger partial charge in [0.05, 0.1) is 12.0 Å². The summed E-state index contributed by atoms with van der Waals surface area (Å²) in [5.41, 5.74) is -0.171. The Morgan fingerprint density at radius 1 is 1.24 bits per heavy atom. The summed E-state index contributed by atoms with van der Waals surface area (Å²) >= 11 is 0. The van der Waals surface area contributed by atoms with Crippen LogP contribution in [0.4, 0.5) is 13.2 Å². The molecule has 1 aromatic carbocycles. The molecule has 2 rings (SSSR count). The Morgan fingerprint density at radius 2 is 1.92 bits per heavy atom. The van der Waals surface area contributed by atoms with E-state index in [4.69, 9.17) is 0 Å². The minimum atomic E-state index is -4.38. The maximum Gasteiger partial charge on any atom is 0.416 e. The van der Waals surface area contributed by atoms with Gasteiger partial charge >= 0.3 is 6.18 Å². The minimum absolute atomic E-state index is 0.00969. The molecule has 0 radical (unpaired) electrons. The average Bonchev–Trinajstić information content (AvgIpc) is 2.55. The third-order valence-electron chi connectivity index (χ3n) is 4.25. The van der Waals surface area contributed by atoms with Gasteiger partial charge in [-0.25, -0.2) is 0 Å². The summed E-state index contributed by atoms with van der Waals surface area (Å²) in [5.74, 6) is -0.140. The van der Waals surface area contributed by atoms with Crippen LogP contribution in [0.1, 0.15) is 43.7 Å². The van der Waals surface area contributed by atoms with Gasteiger partial charge in [-0.15, -0.1) is 0 Å².